The predicted octanol–water partition coefficient (Wildman–Crippen LogP) is 4.84. The molecule has 2 aromatic carbocycles. The summed E-state index contributed by atoms with van der Waals surface area (Å²) in [5.74, 6) is 0.0796. The van der Waals surface area contributed by atoms with E-state index in [9.17, 15) is 9.59 Å². The van der Waals surface area contributed by atoms with Crippen molar-refractivity contribution >= 4 is 51.3 Å². The van der Waals surface area contributed by atoms with E-state index in [4.69, 9.17) is 11.6 Å². The van der Waals surface area contributed by atoms with Crippen molar-refractivity contribution in [2.75, 3.05) is 5.32 Å². The number of halogens is 1. The molecule has 0 radical (unpaired) electrons. The number of thiazole rings is 1. The minimum atomic E-state index is -0.283. The van der Waals surface area contributed by atoms with E-state index in [-0.39, 0.29) is 24.0 Å². The highest BCUT2D eigenvalue weighted by atomic mass is 35.5. The highest BCUT2D eigenvalue weighted by Crippen LogP contribution is 2.23. The first-order chi connectivity index (χ1) is 14.0. The van der Waals surface area contributed by atoms with E-state index in [1.165, 1.54) is 11.3 Å². The zero-order valence-corrected chi connectivity index (χ0v) is 17.1. The lowest BCUT2D eigenvalue weighted by Crippen LogP contribution is -2.13. The summed E-state index contributed by atoms with van der Waals surface area (Å²) in [5, 5.41) is 5.11. The molecule has 0 aliphatic carbocycles. The monoisotopic (exact) mass is 424 g/mol. The minimum Gasteiger partial charge on any atom is -0.342 e. The van der Waals surface area contributed by atoms with Crippen LogP contribution in [0, 0.1) is 0 Å². The van der Waals surface area contributed by atoms with Crippen LogP contribution < -0.4 is 5.32 Å². The Labute approximate surface area is 176 Å². The van der Waals surface area contributed by atoms with Gasteiger partial charge in [-0.3, -0.25) is 9.59 Å². The molecule has 4 rings (SSSR count). The molecule has 1 atom stereocenters. The molecule has 1 unspecified atom stereocenters. The number of nitrogens with one attached hydrogen (secondary N) is 2. The summed E-state index contributed by atoms with van der Waals surface area (Å²) >= 11 is 7.39. The lowest BCUT2D eigenvalue weighted by atomic mass is 9.95. The molecule has 8 heteroatoms. The number of imidazole rings is 1. The van der Waals surface area contributed by atoms with Crippen LogP contribution in [-0.2, 0) is 11.2 Å². The molecule has 4 aromatic rings. The van der Waals surface area contributed by atoms with Crippen molar-refractivity contribution in [2.45, 2.75) is 19.3 Å². The lowest BCUT2D eigenvalue weighted by molar-refractivity contribution is -0.119. The zero-order valence-electron chi connectivity index (χ0n) is 15.5. The van der Waals surface area contributed by atoms with Crippen molar-refractivity contribution < 1.29 is 9.59 Å². The van der Waals surface area contributed by atoms with E-state index in [2.05, 4.69) is 20.3 Å². The van der Waals surface area contributed by atoms with Crippen LogP contribution >= 0.6 is 22.9 Å². The van der Waals surface area contributed by atoms with E-state index in [0.29, 0.717) is 22.2 Å². The normalized spacial score (nSPS) is 12.1. The Balaban J connectivity index is 1.48. The number of aromatic amines is 1. The molecule has 6 nitrogen and oxygen atoms in total. The predicted molar refractivity (Wildman–Crippen MR) is 115 cm³/mol. The maximum absolute atomic E-state index is 12.7. The molecule has 2 heterocycles. The maximum Gasteiger partial charge on any atom is 0.275 e. The van der Waals surface area contributed by atoms with Crippen LogP contribution in [0.15, 0.2) is 53.4 Å². The van der Waals surface area contributed by atoms with E-state index >= 15 is 0 Å². The zero-order chi connectivity index (χ0) is 20.4. The van der Waals surface area contributed by atoms with E-state index in [1.54, 1.807) is 41.2 Å². The molecule has 2 aromatic heterocycles. The Kier molecular flexibility index (Phi) is 5.42. The summed E-state index contributed by atoms with van der Waals surface area (Å²) < 4.78 is 0. The summed E-state index contributed by atoms with van der Waals surface area (Å²) in [5.41, 5.74) is 4.98. The SMILES string of the molecule is CC(C(=O)Cc1nc2ccc(NC(=O)c3cscn3)cc2[nH]1)c1cccc(Cl)c1. The van der Waals surface area contributed by atoms with Gasteiger partial charge in [0.1, 0.15) is 17.3 Å². The van der Waals surface area contributed by atoms with Gasteiger partial charge in [-0.1, -0.05) is 30.7 Å². The molecule has 2 N–H and O–H groups in total. The molecule has 0 fully saturated rings. The number of carbonyl (C=O) groups excluding carboxylic acids is 2. The van der Waals surface area contributed by atoms with Gasteiger partial charge < -0.3 is 10.3 Å². The third-order valence-electron chi connectivity index (χ3n) is 4.63. The number of hydrogen-bond acceptors (Lipinski definition) is 5. The molecule has 0 bridgehead atoms. The van der Waals surface area contributed by atoms with Crippen LogP contribution in [-0.4, -0.2) is 26.6 Å². The summed E-state index contributed by atoms with van der Waals surface area (Å²) in [6, 6.07) is 12.7. The van der Waals surface area contributed by atoms with Crippen LogP contribution in [0.4, 0.5) is 5.69 Å². The molecule has 0 saturated carbocycles. The van der Waals surface area contributed by atoms with E-state index in [0.717, 1.165) is 16.6 Å². The van der Waals surface area contributed by atoms with Crippen molar-refractivity contribution in [1.29, 1.82) is 0 Å². The van der Waals surface area contributed by atoms with Crippen LogP contribution in [0.25, 0.3) is 11.0 Å². The first-order valence-electron chi connectivity index (χ1n) is 8.96. The highest BCUT2D eigenvalue weighted by Gasteiger charge is 2.18. The van der Waals surface area contributed by atoms with Gasteiger partial charge in [-0.2, -0.15) is 0 Å². The van der Waals surface area contributed by atoms with Gasteiger partial charge in [0.05, 0.1) is 23.0 Å². The number of amides is 1. The molecule has 0 aliphatic heterocycles. The number of ketones is 1. The number of carbonyl (C=O) groups is 2. The Morgan fingerprint density at radius 1 is 1.24 bits per heavy atom. The van der Waals surface area contributed by atoms with Crippen LogP contribution in [0.3, 0.4) is 0 Å². The molecule has 29 heavy (non-hydrogen) atoms. The Bertz CT molecular complexity index is 1190. The number of Topliss-reactive ketones (excluding diaryl/α,β-unsaturated/α-hetero) is 1. The number of nitrogens with zero attached hydrogens (tertiary/aromatic N) is 2. The average Bonchev–Trinajstić information content (AvgIpc) is 3.36. The largest absolute Gasteiger partial charge is 0.342 e. The van der Waals surface area contributed by atoms with Gasteiger partial charge in [0, 0.05) is 22.0 Å². The number of H-pyrrole nitrogens is 1. The number of fused-ring (bicyclic) bond motifs is 1. The fraction of sp³-hybridized carbons (Fsp3) is 0.143. The second-order valence-electron chi connectivity index (χ2n) is 6.66. The standard InChI is InChI=1S/C21H17ClN4O2S/c1-12(13-3-2-4-14(22)7-13)19(27)9-20-25-16-6-5-15(8-17(16)26-20)24-21(28)18-10-29-11-23-18/h2-8,10-12H,9H2,1H3,(H,24,28)(H,25,26). The number of aromatic nitrogens is 3. The topological polar surface area (TPSA) is 87.7 Å². The third kappa shape index (κ3) is 4.36. The fourth-order valence-corrected chi connectivity index (χ4v) is 3.75. The van der Waals surface area contributed by atoms with E-state index in [1.807, 2.05) is 19.1 Å². The minimum absolute atomic E-state index is 0.0448. The second kappa shape index (κ2) is 8.14. The summed E-state index contributed by atoms with van der Waals surface area (Å²) in [6.07, 6.45) is 0.183. The van der Waals surface area contributed by atoms with Gasteiger partial charge in [0.2, 0.25) is 0 Å². The highest BCUT2D eigenvalue weighted by molar-refractivity contribution is 7.07. The lowest BCUT2D eigenvalue weighted by Gasteiger charge is -2.10. The Hall–Kier alpha value is -3.03. The maximum atomic E-state index is 12.7. The Morgan fingerprint density at radius 2 is 2.10 bits per heavy atom. The molecule has 146 valence electrons. The molecular formula is C21H17ClN4O2S. The first-order valence-corrected chi connectivity index (χ1v) is 10.3. The van der Waals surface area contributed by atoms with Gasteiger partial charge in [0.15, 0.2) is 0 Å². The van der Waals surface area contributed by atoms with Crippen LogP contribution in [0.2, 0.25) is 5.02 Å². The second-order valence-corrected chi connectivity index (χ2v) is 7.82. The first kappa shape index (κ1) is 19.3. The van der Waals surface area contributed by atoms with Crippen LogP contribution in [0.1, 0.15) is 34.7 Å². The molecule has 0 aliphatic rings. The van der Waals surface area contributed by atoms with E-state index < -0.39 is 0 Å². The molecule has 0 spiro atoms. The average molecular weight is 425 g/mol. The third-order valence-corrected chi connectivity index (χ3v) is 5.45. The van der Waals surface area contributed by atoms with Gasteiger partial charge in [-0.05, 0) is 35.9 Å². The smallest absolute Gasteiger partial charge is 0.275 e. The van der Waals surface area contributed by atoms with Crippen LogP contribution in [0.5, 0.6) is 0 Å². The fourth-order valence-electron chi connectivity index (χ4n) is 3.02. The molecular weight excluding hydrogens is 408 g/mol. The van der Waals surface area contributed by atoms with Crippen molar-refractivity contribution in [1.82, 2.24) is 15.0 Å². The number of rotatable bonds is 6. The number of hydrogen-bond donors (Lipinski definition) is 2. The molecule has 1 amide bonds. The summed E-state index contributed by atoms with van der Waals surface area (Å²) in [4.78, 5) is 36.5. The summed E-state index contributed by atoms with van der Waals surface area (Å²) in [6.45, 7) is 1.86. The van der Waals surface area contributed by atoms with Crippen molar-refractivity contribution in [3.63, 3.8) is 0 Å². The number of anilines is 1. The summed E-state index contributed by atoms with van der Waals surface area (Å²) in [7, 11) is 0. The van der Waals surface area contributed by atoms with Crippen molar-refractivity contribution in [3.05, 3.63) is 75.5 Å². The van der Waals surface area contributed by atoms with Gasteiger partial charge >= 0.3 is 0 Å². The van der Waals surface area contributed by atoms with Gasteiger partial charge in [-0.15, -0.1) is 11.3 Å². The van der Waals surface area contributed by atoms with Crippen molar-refractivity contribution in [3.8, 4) is 0 Å². The molecule has 0 saturated heterocycles. The van der Waals surface area contributed by atoms with Crippen molar-refractivity contribution in [2.24, 2.45) is 0 Å². The number of benzene rings is 2. The Morgan fingerprint density at radius 3 is 2.86 bits per heavy atom. The van der Waals surface area contributed by atoms with Gasteiger partial charge in [-0.25, -0.2) is 9.97 Å². The quantitative estimate of drug-likeness (QED) is 0.463. The van der Waals surface area contributed by atoms with Gasteiger partial charge in [0.25, 0.3) is 5.91 Å².